The van der Waals surface area contributed by atoms with Gasteiger partial charge < -0.3 is 10.6 Å². The molecule has 1 heterocycles. The van der Waals surface area contributed by atoms with Crippen molar-refractivity contribution < 1.29 is 4.79 Å². The molecule has 0 saturated carbocycles. The van der Waals surface area contributed by atoms with Crippen LogP contribution in [0, 0.1) is 0 Å². The van der Waals surface area contributed by atoms with Gasteiger partial charge in [-0.25, -0.2) is 0 Å². The number of nitrogens with one attached hydrogen (secondary N) is 2. The third-order valence-electron chi connectivity index (χ3n) is 3.65. The third-order valence-corrected chi connectivity index (χ3v) is 3.87. The highest BCUT2D eigenvalue weighted by Gasteiger charge is 2.29. The second-order valence-electron chi connectivity index (χ2n) is 5.15. The number of carbonyl (C=O) groups excluding carboxylic acids is 1. The van der Waals surface area contributed by atoms with Gasteiger partial charge in [-0.15, -0.1) is 0 Å². The van der Waals surface area contributed by atoms with E-state index in [0.717, 1.165) is 16.8 Å². The van der Waals surface area contributed by atoms with E-state index in [9.17, 15) is 4.79 Å². The zero-order valence-corrected chi connectivity index (χ0v) is 13.0. The lowest BCUT2D eigenvalue weighted by Gasteiger charge is -2.31. The molecule has 2 aromatic rings. The average molecular weight is 308 g/mol. The van der Waals surface area contributed by atoms with Gasteiger partial charge in [0.15, 0.2) is 10.9 Å². The second-order valence-corrected chi connectivity index (χ2v) is 5.56. The molecule has 3 nitrogen and oxygen atoms in total. The summed E-state index contributed by atoms with van der Waals surface area (Å²) in [5.41, 5.74) is 3.46. The van der Waals surface area contributed by atoms with E-state index in [-0.39, 0.29) is 11.8 Å². The summed E-state index contributed by atoms with van der Waals surface area (Å²) in [5, 5.41) is 6.87. The van der Waals surface area contributed by atoms with Crippen molar-refractivity contribution in [2.45, 2.75) is 13.0 Å². The van der Waals surface area contributed by atoms with Crippen LogP contribution in [0.1, 0.15) is 24.1 Å². The summed E-state index contributed by atoms with van der Waals surface area (Å²) < 4.78 is 0. The fourth-order valence-corrected chi connectivity index (χ4v) is 2.89. The number of benzene rings is 2. The summed E-state index contributed by atoms with van der Waals surface area (Å²) in [4.78, 5) is 12.3. The average Bonchev–Trinajstić information content (AvgIpc) is 2.55. The predicted octanol–water partition coefficient (Wildman–Crippen LogP) is 3.21. The molecule has 4 heteroatoms. The van der Waals surface area contributed by atoms with Crippen molar-refractivity contribution in [1.29, 1.82) is 0 Å². The monoisotopic (exact) mass is 308 g/mol. The molecule has 0 aliphatic carbocycles. The molecule has 1 aliphatic heterocycles. The SMILES string of the molecule is CC(=O)C1=C(c2ccccc2)NC(=S)NC1c1ccccc1. The fourth-order valence-electron chi connectivity index (χ4n) is 2.67. The Balaban J connectivity index is 2.18. The first kappa shape index (κ1) is 14.5. The first-order valence-corrected chi connectivity index (χ1v) is 7.50. The van der Waals surface area contributed by atoms with Crippen LogP contribution in [0.25, 0.3) is 5.70 Å². The molecule has 2 N–H and O–H groups in total. The first-order valence-electron chi connectivity index (χ1n) is 7.10. The van der Waals surface area contributed by atoms with Crippen LogP contribution in [0.5, 0.6) is 0 Å². The molecule has 22 heavy (non-hydrogen) atoms. The van der Waals surface area contributed by atoms with Crippen molar-refractivity contribution in [2.24, 2.45) is 0 Å². The van der Waals surface area contributed by atoms with Crippen molar-refractivity contribution in [3.63, 3.8) is 0 Å². The summed E-state index contributed by atoms with van der Waals surface area (Å²) in [6.45, 7) is 1.59. The van der Waals surface area contributed by atoms with Gasteiger partial charge in [-0.2, -0.15) is 0 Å². The fraction of sp³-hybridized carbons (Fsp3) is 0.111. The molecule has 0 saturated heterocycles. The molecule has 1 unspecified atom stereocenters. The minimum Gasteiger partial charge on any atom is -0.351 e. The normalized spacial score (nSPS) is 17.7. The molecule has 0 amide bonds. The molecule has 110 valence electrons. The lowest BCUT2D eigenvalue weighted by Crippen LogP contribution is -2.44. The standard InChI is InChI=1S/C18H16N2OS/c1-12(21)15-16(13-8-4-2-5-9-13)19-18(22)20-17(15)14-10-6-3-7-11-14/h2-11,16H,1H3,(H2,19,20,22). The molecular formula is C18H16N2OS. The lowest BCUT2D eigenvalue weighted by molar-refractivity contribution is -0.113. The van der Waals surface area contributed by atoms with Gasteiger partial charge in [0.2, 0.25) is 0 Å². The highest BCUT2D eigenvalue weighted by atomic mass is 32.1. The Morgan fingerprint density at radius 3 is 2.18 bits per heavy atom. The zero-order valence-electron chi connectivity index (χ0n) is 12.2. The number of ketones is 1. The van der Waals surface area contributed by atoms with Crippen molar-refractivity contribution in [2.75, 3.05) is 0 Å². The Bertz CT molecular complexity index is 738. The molecular weight excluding hydrogens is 292 g/mol. The number of rotatable bonds is 3. The highest BCUT2D eigenvalue weighted by Crippen LogP contribution is 2.31. The molecule has 0 fully saturated rings. The molecule has 0 aromatic heterocycles. The van der Waals surface area contributed by atoms with Crippen LogP contribution in [0.4, 0.5) is 0 Å². The van der Waals surface area contributed by atoms with Gasteiger partial charge in [-0.3, -0.25) is 4.79 Å². The van der Waals surface area contributed by atoms with Gasteiger partial charge in [0.1, 0.15) is 0 Å². The van der Waals surface area contributed by atoms with Crippen LogP contribution in [0.15, 0.2) is 66.2 Å². The quantitative estimate of drug-likeness (QED) is 0.854. The van der Waals surface area contributed by atoms with Crippen molar-refractivity contribution in [3.8, 4) is 0 Å². The Labute approximate surface area is 135 Å². The van der Waals surface area contributed by atoms with Crippen molar-refractivity contribution >= 4 is 28.8 Å². The molecule has 0 radical (unpaired) electrons. The van der Waals surface area contributed by atoms with Crippen LogP contribution in [0.3, 0.4) is 0 Å². The maximum atomic E-state index is 12.3. The van der Waals surface area contributed by atoms with Crippen molar-refractivity contribution in [1.82, 2.24) is 10.6 Å². The minimum atomic E-state index is -0.234. The first-order chi connectivity index (χ1) is 10.7. The predicted molar refractivity (Wildman–Crippen MR) is 92.1 cm³/mol. The number of hydrogen-bond donors (Lipinski definition) is 2. The number of carbonyl (C=O) groups is 1. The highest BCUT2D eigenvalue weighted by molar-refractivity contribution is 7.80. The topological polar surface area (TPSA) is 41.1 Å². The maximum Gasteiger partial charge on any atom is 0.171 e. The maximum absolute atomic E-state index is 12.3. The summed E-state index contributed by atoms with van der Waals surface area (Å²) in [7, 11) is 0. The van der Waals surface area contributed by atoms with E-state index in [0.29, 0.717) is 10.7 Å². The Kier molecular flexibility index (Phi) is 4.02. The Morgan fingerprint density at radius 2 is 1.59 bits per heavy atom. The van der Waals surface area contributed by atoms with Crippen LogP contribution >= 0.6 is 12.2 Å². The van der Waals surface area contributed by atoms with E-state index in [2.05, 4.69) is 10.6 Å². The minimum absolute atomic E-state index is 0.0233. The lowest BCUT2D eigenvalue weighted by atomic mass is 9.90. The van der Waals surface area contributed by atoms with E-state index < -0.39 is 0 Å². The van der Waals surface area contributed by atoms with Gasteiger partial charge in [-0.05, 0) is 30.3 Å². The molecule has 1 atom stereocenters. The Hall–Kier alpha value is -2.46. The second kappa shape index (κ2) is 6.12. The summed E-state index contributed by atoms with van der Waals surface area (Å²) in [6.07, 6.45) is 0. The van der Waals surface area contributed by atoms with Gasteiger partial charge in [0, 0.05) is 5.57 Å². The van der Waals surface area contributed by atoms with Gasteiger partial charge >= 0.3 is 0 Å². The van der Waals surface area contributed by atoms with Crippen LogP contribution in [-0.4, -0.2) is 10.9 Å². The number of Topliss-reactive ketones (excluding diaryl/α,β-unsaturated/α-hetero) is 1. The van der Waals surface area contributed by atoms with E-state index in [1.54, 1.807) is 6.92 Å². The number of hydrogen-bond acceptors (Lipinski definition) is 2. The van der Waals surface area contributed by atoms with Crippen LogP contribution in [0.2, 0.25) is 0 Å². The van der Waals surface area contributed by atoms with Crippen LogP contribution in [-0.2, 0) is 4.79 Å². The zero-order chi connectivity index (χ0) is 15.5. The van der Waals surface area contributed by atoms with E-state index in [1.807, 2.05) is 60.7 Å². The largest absolute Gasteiger partial charge is 0.351 e. The van der Waals surface area contributed by atoms with Crippen molar-refractivity contribution in [3.05, 3.63) is 77.4 Å². The van der Waals surface area contributed by atoms with Gasteiger partial charge in [0.05, 0.1) is 11.7 Å². The molecule has 2 aromatic carbocycles. The molecule has 0 spiro atoms. The van der Waals surface area contributed by atoms with Gasteiger partial charge in [0.25, 0.3) is 0 Å². The summed E-state index contributed by atoms with van der Waals surface area (Å²) in [6, 6.07) is 19.4. The van der Waals surface area contributed by atoms with E-state index in [4.69, 9.17) is 12.2 Å². The third kappa shape index (κ3) is 2.78. The molecule has 3 rings (SSSR count). The van der Waals surface area contributed by atoms with E-state index >= 15 is 0 Å². The summed E-state index contributed by atoms with van der Waals surface area (Å²) in [5.74, 6) is 0.0233. The van der Waals surface area contributed by atoms with Crippen LogP contribution < -0.4 is 10.6 Å². The Morgan fingerprint density at radius 1 is 1.00 bits per heavy atom. The molecule has 0 bridgehead atoms. The smallest absolute Gasteiger partial charge is 0.171 e. The van der Waals surface area contributed by atoms with Gasteiger partial charge in [-0.1, -0.05) is 60.7 Å². The molecule has 1 aliphatic rings. The van der Waals surface area contributed by atoms with E-state index in [1.165, 1.54) is 0 Å². The number of thiocarbonyl (C=S) groups is 1. The summed E-state index contributed by atoms with van der Waals surface area (Å²) >= 11 is 5.33.